The molecule has 0 radical (unpaired) electrons. The van der Waals surface area contributed by atoms with Gasteiger partial charge in [-0.3, -0.25) is 9.20 Å². The molecule has 0 bridgehead atoms. The average Bonchev–Trinajstić information content (AvgIpc) is 3.29. The Morgan fingerprint density at radius 2 is 1.71 bits per heavy atom. The molecule has 1 amide bonds. The Morgan fingerprint density at radius 1 is 1.03 bits per heavy atom. The first-order valence-electron chi connectivity index (χ1n) is 13.3. The van der Waals surface area contributed by atoms with Crippen molar-refractivity contribution in [2.45, 2.75) is 58.4 Å². The van der Waals surface area contributed by atoms with E-state index in [9.17, 15) is 13.6 Å². The molecule has 5 nitrogen and oxygen atoms in total. The van der Waals surface area contributed by atoms with Gasteiger partial charge in [0, 0.05) is 44.0 Å². The number of alkyl halides is 2. The van der Waals surface area contributed by atoms with Gasteiger partial charge in [-0.1, -0.05) is 49.4 Å². The molecule has 2 aromatic heterocycles. The molecule has 2 aromatic carbocycles. The molecule has 38 heavy (non-hydrogen) atoms. The van der Waals surface area contributed by atoms with E-state index in [2.05, 4.69) is 39.5 Å². The van der Waals surface area contributed by atoms with Gasteiger partial charge in [-0.25, -0.2) is 13.8 Å². The van der Waals surface area contributed by atoms with Crippen molar-refractivity contribution in [1.29, 1.82) is 0 Å². The highest BCUT2D eigenvalue weighted by molar-refractivity contribution is 5.94. The van der Waals surface area contributed by atoms with Gasteiger partial charge in [0.25, 0.3) is 11.8 Å². The Labute approximate surface area is 222 Å². The lowest BCUT2D eigenvalue weighted by molar-refractivity contribution is 0.0174. The topological polar surface area (TPSA) is 49.6 Å². The molecule has 4 aromatic rings. The van der Waals surface area contributed by atoms with Gasteiger partial charge < -0.3 is 10.2 Å². The van der Waals surface area contributed by atoms with Crippen molar-refractivity contribution in [3.63, 3.8) is 0 Å². The molecule has 1 aliphatic rings. The van der Waals surface area contributed by atoms with Gasteiger partial charge in [0.15, 0.2) is 0 Å². The second kappa shape index (κ2) is 10.6. The fourth-order valence-electron chi connectivity index (χ4n) is 5.30. The second-order valence-electron chi connectivity index (χ2n) is 10.3. The summed E-state index contributed by atoms with van der Waals surface area (Å²) in [6.07, 6.45) is 4.61. The summed E-state index contributed by atoms with van der Waals surface area (Å²) in [6, 6.07) is 19.1. The maximum absolute atomic E-state index is 13.5. The highest BCUT2D eigenvalue weighted by Crippen LogP contribution is 2.33. The van der Waals surface area contributed by atoms with E-state index in [0.717, 1.165) is 66.6 Å². The lowest BCUT2D eigenvalue weighted by Gasteiger charge is -2.34. The molecular weight excluding hydrogens is 482 g/mol. The first-order chi connectivity index (χ1) is 18.2. The summed E-state index contributed by atoms with van der Waals surface area (Å²) in [4.78, 5) is 20.1. The number of imidazole rings is 1. The second-order valence-corrected chi connectivity index (χ2v) is 10.3. The van der Waals surface area contributed by atoms with Crippen molar-refractivity contribution in [2.24, 2.45) is 0 Å². The van der Waals surface area contributed by atoms with Crippen molar-refractivity contribution in [2.75, 3.05) is 18.0 Å². The summed E-state index contributed by atoms with van der Waals surface area (Å²) in [7, 11) is 0. The van der Waals surface area contributed by atoms with Crippen molar-refractivity contribution in [1.82, 2.24) is 14.7 Å². The standard InChI is InChI=1S/C31H34F2N4O/c1-4-27-29(37-20-21(2)5-14-28(37)35-27)30(38)34-19-22-6-12-26(13-7-22)36-17-15-24(16-18-36)23-8-10-25(11-9-23)31(3,32)33/h5-14,20,24H,4,15-19H2,1-3H3,(H,34,38). The van der Waals surface area contributed by atoms with Crippen molar-refractivity contribution in [3.05, 3.63) is 101 Å². The third-order valence-corrected chi connectivity index (χ3v) is 7.53. The zero-order valence-corrected chi connectivity index (χ0v) is 22.2. The van der Waals surface area contributed by atoms with E-state index in [1.165, 1.54) is 0 Å². The Morgan fingerprint density at radius 3 is 2.34 bits per heavy atom. The summed E-state index contributed by atoms with van der Waals surface area (Å²) >= 11 is 0. The SMILES string of the molecule is CCc1nc2ccc(C)cn2c1C(=O)NCc1ccc(N2CCC(c3ccc(C(C)(F)F)cc3)CC2)cc1. The van der Waals surface area contributed by atoms with Crippen molar-refractivity contribution < 1.29 is 13.6 Å². The van der Waals surface area contributed by atoms with Crippen LogP contribution in [0.25, 0.3) is 5.65 Å². The van der Waals surface area contributed by atoms with Crippen LogP contribution in [0.4, 0.5) is 14.5 Å². The van der Waals surface area contributed by atoms with E-state index in [4.69, 9.17) is 0 Å². The Bertz CT molecular complexity index is 1410. The minimum atomic E-state index is -2.80. The van der Waals surface area contributed by atoms with Crippen LogP contribution in [-0.4, -0.2) is 28.4 Å². The summed E-state index contributed by atoms with van der Waals surface area (Å²) in [5, 5.41) is 3.06. The van der Waals surface area contributed by atoms with Gasteiger partial charge in [-0.2, -0.15) is 0 Å². The average molecular weight is 517 g/mol. The van der Waals surface area contributed by atoms with Crippen LogP contribution < -0.4 is 10.2 Å². The number of hydrogen-bond acceptors (Lipinski definition) is 3. The van der Waals surface area contributed by atoms with Gasteiger partial charge in [-0.05, 0) is 67.0 Å². The highest BCUT2D eigenvalue weighted by atomic mass is 19.3. The van der Waals surface area contributed by atoms with Crippen LogP contribution in [0, 0.1) is 6.92 Å². The molecule has 0 atom stereocenters. The molecule has 1 saturated heterocycles. The molecular formula is C31H34F2N4O. The van der Waals surface area contributed by atoms with Gasteiger partial charge in [0.2, 0.25) is 0 Å². The van der Waals surface area contributed by atoms with E-state index in [0.29, 0.717) is 24.6 Å². The predicted octanol–water partition coefficient (Wildman–Crippen LogP) is 6.63. The number of benzene rings is 2. The molecule has 0 aliphatic carbocycles. The maximum Gasteiger partial charge on any atom is 0.270 e. The number of anilines is 1. The van der Waals surface area contributed by atoms with Crippen LogP contribution in [-0.2, 0) is 18.9 Å². The number of halogens is 2. The largest absolute Gasteiger partial charge is 0.371 e. The quantitative estimate of drug-likeness (QED) is 0.300. The zero-order valence-electron chi connectivity index (χ0n) is 22.2. The van der Waals surface area contributed by atoms with Crippen LogP contribution in [0.2, 0.25) is 0 Å². The fourth-order valence-corrected chi connectivity index (χ4v) is 5.30. The molecule has 0 unspecified atom stereocenters. The number of rotatable bonds is 7. The number of nitrogens with one attached hydrogen (secondary N) is 1. The molecule has 3 heterocycles. The molecule has 1 N–H and O–H groups in total. The van der Waals surface area contributed by atoms with Crippen LogP contribution in [0.3, 0.4) is 0 Å². The van der Waals surface area contributed by atoms with Crippen LogP contribution in [0.15, 0.2) is 66.9 Å². The number of carbonyl (C=O) groups excluding carboxylic acids is 1. The van der Waals surface area contributed by atoms with Crippen LogP contribution in [0.1, 0.15) is 71.0 Å². The van der Waals surface area contributed by atoms with E-state index >= 15 is 0 Å². The summed E-state index contributed by atoms with van der Waals surface area (Å²) < 4.78 is 28.9. The van der Waals surface area contributed by atoms with Gasteiger partial charge in [0.05, 0.1) is 5.69 Å². The third-order valence-electron chi connectivity index (χ3n) is 7.53. The van der Waals surface area contributed by atoms with Gasteiger partial charge in [-0.15, -0.1) is 0 Å². The number of fused-ring (bicyclic) bond motifs is 1. The summed E-state index contributed by atoms with van der Waals surface area (Å²) in [5.74, 6) is -2.54. The first kappa shape index (κ1) is 25.9. The monoisotopic (exact) mass is 516 g/mol. The van der Waals surface area contributed by atoms with Crippen molar-refractivity contribution in [3.8, 4) is 0 Å². The third kappa shape index (κ3) is 5.42. The van der Waals surface area contributed by atoms with Gasteiger partial charge >= 0.3 is 0 Å². The highest BCUT2D eigenvalue weighted by Gasteiger charge is 2.25. The molecule has 0 spiro atoms. The lowest BCUT2D eigenvalue weighted by atomic mass is 9.88. The lowest BCUT2D eigenvalue weighted by Crippen LogP contribution is -2.32. The van der Waals surface area contributed by atoms with E-state index < -0.39 is 5.92 Å². The summed E-state index contributed by atoms with van der Waals surface area (Å²) in [6.45, 7) is 7.22. The number of carbonyl (C=O) groups is 1. The normalized spacial score (nSPS) is 14.7. The molecule has 198 valence electrons. The molecule has 0 saturated carbocycles. The van der Waals surface area contributed by atoms with Gasteiger partial charge in [0.1, 0.15) is 11.3 Å². The minimum absolute atomic E-state index is 0.0643. The number of amides is 1. The number of nitrogens with zero attached hydrogens (tertiary/aromatic N) is 3. The van der Waals surface area contributed by atoms with E-state index in [1.807, 2.05) is 48.7 Å². The number of aryl methyl sites for hydroxylation is 2. The summed E-state index contributed by atoms with van der Waals surface area (Å²) in [5.41, 5.74) is 6.65. The van der Waals surface area contributed by atoms with E-state index in [-0.39, 0.29) is 11.5 Å². The smallest absolute Gasteiger partial charge is 0.270 e. The Balaban J connectivity index is 1.17. The molecule has 1 fully saturated rings. The Hall–Kier alpha value is -3.74. The first-order valence-corrected chi connectivity index (χ1v) is 13.3. The number of aromatic nitrogens is 2. The van der Waals surface area contributed by atoms with Crippen molar-refractivity contribution >= 4 is 17.2 Å². The molecule has 7 heteroatoms. The maximum atomic E-state index is 13.5. The number of hydrogen-bond donors (Lipinski definition) is 1. The molecule has 1 aliphatic heterocycles. The van der Waals surface area contributed by atoms with E-state index in [1.54, 1.807) is 12.1 Å². The zero-order chi connectivity index (χ0) is 26.9. The fraction of sp³-hybridized carbons (Fsp3) is 0.355. The number of pyridine rings is 1. The Kier molecular flexibility index (Phi) is 7.19. The molecule has 5 rings (SSSR count). The number of piperidine rings is 1. The minimum Gasteiger partial charge on any atom is -0.371 e. The van der Waals surface area contributed by atoms with Crippen LogP contribution >= 0.6 is 0 Å². The predicted molar refractivity (Wildman–Crippen MR) is 147 cm³/mol. The van der Waals surface area contributed by atoms with Crippen LogP contribution in [0.5, 0.6) is 0 Å².